The molecule has 0 amide bonds. The molecule has 27 heavy (non-hydrogen) atoms. The number of halogens is 1. The van der Waals surface area contributed by atoms with Crippen molar-refractivity contribution in [1.82, 2.24) is 0 Å². The Balaban J connectivity index is 1.90. The molecular weight excluding hydrogens is 412 g/mol. The van der Waals surface area contributed by atoms with Crippen LogP contribution in [0.2, 0.25) is 0 Å². The van der Waals surface area contributed by atoms with E-state index in [1.807, 2.05) is 37.3 Å². The smallest absolute Gasteiger partial charge is 0.343 e. The van der Waals surface area contributed by atoms with Crippen molar-refractivity contribution >= 4 is 33.7 Å². The minimum Gasteiger partial charge on any atom is -0.494 e. The summed E-state index contributed by atoms with van der Waals surface area (Å²) >= 11 is 3.45. The monoisotopic (exact) mass is 430 g/mol. The van der Waals surface area contributed by atoms with Crippen LogP contribution in [0, 0.1) is 0 Å². The largest absolute Gasteiger partial charge is 0.494 e. The first-order valence-electron chi connectivity index (χ1n) is 8.36. The van der Waals surface area contributed by atoms with Crippen LogP contribution in [0.5, 0.6) is 17.2 Å². The Labute approximate surface area is 166 Å². The summed E-state index contributed by atoms with van der Waals surface area (Å²) < 4.78 is 22.2. The van der Waals surface area contributed by atoms with Crippen molar-refractivity contribution in [3.8, 4) is 17.2 Å². The van der Waals surface area contributed by atoms with Crippen LogP contribution in [-0.4, -0.2) is 26.8 Å². The quantitative estimate of drug-likeness (QED) is 0.484. The van der Waals surface area contributed by atoms with Crippen molar-refractivity contribution < 1.29 is 23.7 Å². The summed E-state index contributed by atoms with van der Waals surface area (Å²) in [5.74, 6) is 2.05. The predicted molar refractivity (Wildman–Crippen MR) is 107 cm³/mol. The molecule has 3 rings (SSSR count). The molecule has 2 aromatic rings. The van der Waals surface area contributed by atoms with Crippen LogP contribution < -0.4 is 14.2 Å². The second-order valence-electron chi connectivity index (χ2n) is 5.69. The van der Waals surface area contributed by atoms with Crippen LogP contribution in [-0.2, 0) is 9.53 Å². The predicted octanol–water partition coefficient (Wildman–Crippen LogP) is 4.85. The van der Waals surface area contributed by atoms with E-state index in [9.17, 15) is 4.79 Å². The molecule has 0 aliphatic carbocycles. The molecule has 5 nitrogen and oxygen atoms in total. The summed E-state index contributed by atoms with van der Waals surface area (Å²) in [7, 11) is 3.13. The number of methoxy groups -OCH3 is 2. The van der Waals surface area contributed by atoms with Crippen molar-refractivity contribution in [3.05, 3.63) is 63.6 Å². The van der Waals surface area contributed by atoms with E-state index in [2.05, 4.69) is 15.9 Å². The minimum absolute atomic E-state index is 0.398. The van der Waals surface area contributed by atoms with Crippen molar-refractivity contribution in [2.75, 3.05) is 20.8 Å². The van der Waals surface area contributed by atoms with Gasteiger partial charge in [-0.2, -0.15) is 0 Å². The van der Waals surface area contributed by atoms with Gasteiger partial charge in [0.1, 0.15) is 11.5 Å². The van der Waals surface area contributed by atoms with E-state index >= 15 is 0 Å². The van der Waals surface area contributed by atoms with E-state index in [-0.39, 0.29) is 0 Å². The SMILES string of the molecule is CCOc1ccc(C2=CC(=Cc3cc(Br)c(OC)c(OC)c3)C(=O)O2)cc1. The molecule has 0 unspecified atom stereocenters. The molecule has 0 radical (unpaired) electrons. The van der Waals surface area contributed by atoms with E-state index in [1.165, 1.54) is 0 Å². The number of carbonyl (C=O) groups excluding carboxylic acids is 1. The molecule has 0 N–H and O–H groups in total. The number of rotatable bonds is 6. The molecule has 1 aliphatic heterocycles. The summed E-state index contributed by atoms with van der Waals surface area (Å²) in [4.78, 5) is 12.3. The van der Waals surface area contributed by atoms with E-state index in [0.29, 0.717) is 29.4 Å². The summed E-state index contributed by atoms with van der Waals surface area (Å²) in [6.07, 6.45) is 3.47. The lowest BCUT2D eigenvalue weighted by Gasteiger charge is -2.10. The molecule has 0 spiro atoms. The van der Waals surface area contributed by atoms with Crippen molar-refractivity contribution in [1.29, 1.82) is 0 Å². The van der Waals surface area contributed by atoms with Crippen LogP contribution >= 0.6 is 15.9 Å². The van der Waals surface area contributed by atoms with Crippen LogP contribution in [0.15, 0.2) is 52.5 Å². The molecule has 0 fully saturated rings. The molecule has 1 aliphatic rings. The fourth-order valence-corrected chi connectivity index (χ4v) is 3.34. The summed E-state index contributed by atoms with van der Waals surface area (Å²) in [6, 6.07) is 11.1. The van der Waals surface area contributed by atoms with Gasteiger partial charge in [0.2, 0.25) is 0 Å². The van der Waals surface area contributed by atoms with Gasteiger partial charge < -0.3 is 18.9 Å². The van der Waals surface area contributed by atoms with Gasteiger partial charge in [0.05, 0.1) is 30.9 Å². The Morgan fingerprint density at radius 3 is 2.48 bits per heavy atom. The zero-order valence-corrected chi connectivity index (χ0v) is 16.8. The molecule has 0 aromatic heterocycles. The first kappa shape index (κ1) is 19.0. The summed E-state index contributed by atoms with van der Waals surface area (Å²) in [5.41, 5.74) is 2.05. The number of hydrogen-bond donors (Lipinski definition) is 0. The van der Waals surface area contributed by atoms with E-state index in [0.717, 1.165) is 21.3 Å². The second-order valence-corrected chi connectivity index (χ2v) is 6.55. The molecule has 0 atom stereocenters. The Bertz CT molecular complexity index is 913. The van der Waals surface area contributed by atoms with Gasteiger partial charge in [0.15, 0.2) is 11.5 Å². The highest BCUT2D eigenvalue weighted by Gasteiger charge is 2.22. The van der Waals surface area contributed by atoms with Gasteiger partial charge in [-0.1, -0.05) is 0 Å². The molecular formula is C21H19BrO5. The molecule has 6 heteroatoms. The normalized spacial score (nSPS) is 14.7. The maximum atomic E-state index is 12.3. The zero-order chi connectivity index (χ0) is 19.4. The van der Waals surface area contributed by atoms with Gasteiger partial charge in [0.25, 0.3) is 0 Å². The Morgan fingerprint density at radius 2 is 1.85 bits per heavy atom. The number of benzene rings is 2. The number of ether oxygens (including phenoxy) is 4. The second kappa shape index (κ2) is 8.31. The van der Waals surface area contributed by atoms with Gasteiger partial charge in [-0.25, -0.2) is 4.79 Å². The summed E-state index contributed by atoms with van der Waals surface area (Å²) in [5, 5.41) is 0. The number of cyclic esters (lactones) is 1. The molecule has 140 valence electrons. The van der Waals surface area contributed by atoms with Gasteiger partial charge >= 0.3 is 5.97 Å². The topological polar surface area (TPSA) is 54.0 Å². The lowest BCUT2D eigenvalue weighted by atomic mass is 10.1. The third kappa shape index (κ3) is 4.17. The van der Waals surface area contributed by atoms with Crippen molar-refractivity contribution in [2.24, 2.45) is 0 Å². The van der Waals surface area contributed by atoms with E-state index in [1.54, 1.807) is 32.4 Å². The fourth-order valence-electron chi connectivity index (χ4n) is 2.71. The number of carbonyl (C=O) groups is 1. The van der Waals surface area contributed by atoms with Gasteiger partial charge in [-0.15, -0.1) is 0 Å². The Hall–Kier alpha value is -2.73. The van der Waals surface area contributed by atoms with E-state index < -0.39 is 5.97 Å². The van der Waals surface area contributed by atoms with Crippen molar-refractivity contribution in [3.63, 3.8) is 0 Å². The molecule has 2 aromatic carbocycles. The minimum atomic E-state index is -0.398. The average Bonchev–Trinajstić information content (AvgIpc) is 3.02. The van der Waals surface area contributed by atoms with Crippen LogP contribution in [0.4, 0.5) is 0 Å². The van der Waals surface area contributed by atoms with Gasteiger partial charge in [-0.05, 0) is 77.0 Å². The maximum Gasteiger partial charge on any atom is 0.343 e. The number of hydrogen-bond acceptors (Lipinski definition) is 5. The highest BCUT2D eigenvalue weighted by Crippen LogP contribution is 2.37. The Kier molecular flexibility index (Phi) is 5.86. The van der Waals surface area contributed by atoms with Gasteiger partial charge in [-0.3, -0.25) is 0 Å². The number of esters is 1. The summed E-state index contributed by atoms with van der Waals surface area (Å²) in [6.45, 7) is 2.53. The first-order valence-corrected chi connectivity index (χ1v) is 9.15. The molecule has 0 saturated heterocycles. The highest BCUT2D eigenvalue weighted by molar-refractivity contribution is 9.10. The third-order valence-electron chi connectivity index (χ3n) is 3.95. The van der Waals surface area contributed by atoms with Gasteiger partial charge in [0, 0.05) is 5.56 Å². The van der Waals surface area contributed by atoms with Crippen molar-refractivity contribution in [2.45, 2.75) is 6.92 Å². The van der Waals surface area contributed by atoms with Crippen LogP contribution in [0.1, 0.15) is 18.1 Å². The standard InChI is InChI=1S/C21H19BrO5/c1-4-26-16-7-5-14(6-8-16)18-12-15(21(23)27-18)9-13-10-17(22)20(25-3)19(11-13)24-2/h5-12H,4H2,1-3H3. The first-order chi connectivity index (χ1) is 13.0. The molecule has 0 bridgehead atoms. The zero-order valence-electron chi connectivity index (χ0n) is 15.2. The molecule has 1 heterocycles. The maximum absolute atomic E-state index is 12.3. The third-order valence-corrected chi connectivity index (χ3v) is 4.54. The van der Waals surface area contributed by atoms with E-state index in [4.69, 9.17) is 18.9 Å². The Morgan fingerprint density at radius 1 is 1.11 bits per heavy atom. The highest BCUT2D eigenvalue weighted by atomic mass is 79.9. The van der Waals surface area contributed by atoms with Crippen LogP contribution in [0.3, 0.4) is 0 Å². The lowest BCUT2D eigenvalue weighted by molar-refractivity contribution is -0.130. The fraction of sp³-hybridized carbons (Fsp3) is 0.190. The molecule has 0 saturated carbocycles. The van der Waals surface area contributed by atoms with Crippen LogP contribution in [0.25, 0.3) is 11.8 Å². The lowest BCUT2D eigenvalue weighted by Crippen LogP contribution is -1.98. The average molecular weight is 431 g/mol.